The van der Waals surface area contributed by atoms with Crippen LogP contribution >= 0.6 is 0 Å². The van der Waals surface area contributed by atoms with E-state index in [1.54, 1.807) is 12.5 Å². The molecule has 19 heavy (non-hydrogen) atoms. The number of aromatic nitrogens is 4. The van der Waals surface area contributed by atoms with Gasteiger partial charge in [-0.25, -0.2) is 4.98 Å². The maximum absolute atomic E-state index is 4.40. The van der Waals surface area contributed by atoms with E-state index < -0.39 is 0 Å². The Bertz CT molecular complexity index is 540. The fourth-order valence-electron chi connectivity index (χ4n) is 3.35. The summed E-state index contributed by atoms with van der Waals surface area (Å²) in [6.45, 7) is 1.16. The summed E-state index contributed by atoms with van der Waals surface area (Å²) in [7, 11) is 0. The largest absolute Gasteiger partial charge is 0.352 e. The molecule has 4 heterocycles. The van der Waals surface area contributed by atoms with E-state index in [9.17, 15) is 0 Å². The van der Waals surface area contributed by atoms with Crippen LogP contribution < -0.4 is 4.90 Å². The molecule has 1 aliphatic carbocycles. The number of nitrogens with zero attached hydrogens (tertiary/aromatic N) is 5. The van der Waals surface area contributed by atoms with Crippen LogP contribution in [0.5, 0.6) is 0 Å². The Hall–Kier alpha value is -1.91. The van der Waals surface area contributed by atoms with Crippen molar-refractivity contribution < 1.29 is 0 Å². The molecule has 5 rings (SSSR count). The Morgan fingerprint density at radius 2 is 1.79 bits per heavy atom. The first-order valence-electron chi connectivity index (χ1n) is 6.99. The van der Waals surface area contributed by atoms with Crippen LogP contribution in [-0.4, -0.2) is 32.3 Å². The summed E-state index contributed by atoms with van der Waals surface area (Å²) < 4.78 is 1.87. The number of fused-ring (bicyclic) bond motifs is 3. The Morgan fingerprint density at radius 1 is 1.00 bits per heavy atom. The van der Waals surface area contributed by atoms with Crippen molar-refractivity contribution in [2.45, 2.75) is 31.7 Å². The second-order valence-electron chi connectivity index (χ2n) is 5.55. The predicted molar refractivity (Wildman–Crippen MR) is 72.2 cm³/mol. The number of rotatable bonds is 2. The van der Waals surface area contributed by atoms with Gasteiger partial charge in [-0.2, -0.15) is 0 Å². The molecule has 5 heteroatoms. The lowest BCUT2D eigenvalue weighted by molar-refractivity contribution is 0.250. The van der Waals surface area contributed by atoms with Crippen LogP contribution in [0, 0.1) is 5.92 Å². The average Bonchev–Trinajstić information content (AvgIpc) is 3.03. The molecule has 3 fully saturated rings. The van der Waals surface area contributed by atoms with E-state index in [-0.39, 0.29) is 0 Å². The summed E-state index contributed by atoms with van der Waals surface area (Å²) in [5.41, 5.74) is 0. The highest BCUT2D eigenvalue weighted by molar-refractivity contribution is 5.42. The third-order valence-corrected chi connectivity index (χ3v) is 4.41. The summed E-state index contributed by atoms with van der Waals surface area (Å²) in [5, 5.41) is 8.72. The maximum Gasteiger partial charge on any atom is 0.160 e. The van der Waals surface area contributed by atoms with Gasteiger partial charge >= 0.3 is 0 Å². The van der Waals surface area contributed by atoms with Crippen molar-refractivity contribution in [3.8, 4) is 5.82 Å². The first-order valence-corrected chi connectivity index (χ1v) is 6.99. The summed E-state index contributed by atoms with van der Waals surface area (Å²) in [6.07, 6.45) is 10.8. The van der Waals surface area contributed by atoms with Crippen molar-refractivity contribution in [2.75, 3.05) is 11.4 Å². The highest BCUT2D eigenvalue weighted by Crippen LogP contribution is 2.36. The highest BCUT2D eigenvalue weighted by Gasteiger charge is 2.34. The highest BCUT2D eigenvalue weighted by atomic mass is 15.3. The van der Waals surface area contributed by atoms with Crippen molar-refractivity contribution in [1.29, 1.82) is 0 Å². The van der Waals surface area contributed by atoms with Crippen LogP contribution in [0.3, 0.4) is 0 Å². The van der Waals surface area contributed by atoms with Gasteiger partial charge in [0.05, 0.1) is 0 Å². The van der Waals surface area contributed by atoms with Crippen LogP contribution in [-0.2, 0) is 0 Å². The topological polar surface area (TPSA) is 46.8 Å². The normalized spacial score (nSPS) is 25.8. The van der Waals surface area contributed by atoms with Crippen LogP contribution in [0.25, 0.3) is 5.82 Å². The molecular weight excluding hydrogens is 238 g/mol. The van der Waals surface area contributed by atoms with Gasteiger partial charge in [-0.05, 0) is 43.7 Å². The molecule has 98 valence electrons. The van der Waals surface area contributed by atoms with Gasteiger partial charge in [0.15, 0.2) is 11.6 Å². The fraction of sp³-hybridized carbons (Fsp3) is 0.500. The van der Waals surface area contributed by atoms with E-state index in [1.165, 1.54) is 25.7 Å². The monoisotopic (exact) mass is 255 g/mol. The zero-order chi connectivity index (χ0) is 12.7. The van der Waals surface area contributed by atoms with Crippen molar-refractivity contribution in [3.63, 3.8) is 0 Å². The first-order chi connectivity index (χ1) is 9.40. The number of anilines is 1. The number of hydrogen-bond acceptors (Lipinski definition) is 4. The average molecular weight is 255 g/mol. The first kappa shape index (κ1) is 11.0. The van der Waals surface area contributed by atoms with E-state index in [4.69, 9.17) is 0 Å². The minimum absolute atomic E-state index is 0.679. The van der Waals surface area contributed by atoms with Crippen molar-refractivity contribution >= 4 is 5.82 Å². The summed E-state index contributed by atoms with van der Waals surface area (Å²) in [6, 6.07) is 4.79. The van der Waals surface area contributed by atoms with Crippen molar-refractivity contribution in [2.24, 2.45) is 5.92 Å². The molecule has 2 bridgehead atoms. The van der Waals surface area contributed by atoms with Gasteiger partial charge < -0.3 is 4.90 Å². The predicted octanol–water partition coefficient (Wildman–Crippen LogP) is 2.04. The fourth-order valence-corrected chi connectivity index (χ4v) is 3.35. The quantitative estimate of drug-likeness (QED) is 0.824. The van der Waals surface area contributed by atoms with Gasteiger partial charge in [-0.15, -0.1) is 10.2 Å². The Labute approximate surface area is 112 Å². The van der Waals surface area contributed by atoms with E-state index in [0.29, 0.717) is 6.04 Å². The van der Waals surface area contributed by atoms with E-state index in [2.05, 4.69) is 26.1 Å². The Morgan fingerprint density at radius 3 is 2.37 bits per heavy atom. The molecule has 2 aliphatic heterocycles. The maximum atomic E-state index is 4.40. The van der Waals surface area contributed by atoms with Crippen molar-refractivity contribution in [1.82, 2.24) is 19.7 Å². The molecule has 0 aromatic carbocycles. The zero-order valence-electron chi connectivity index (χ0n) is 10.8. The molecule has 5 nitrogen and oxygen atoms in total. The molecular formula is C14H17N5. The van der Waals surface area contributed by atoms with E-state index in [1.807, 2.05) is 16.8 Å². The lowest BCUT2D eigenvalue weighted by Gasteiger charge is -2.45. The minimum Gasteiger partial charge on any atom is -0.352 e. The molecule has 0 spiro atoms. The third kappa shape index (κ3) is 1.89. The zero-order valence-corrected chi connectivity index (χ0v) is 10.8. The molecule has 2 aromatic heterocycles. The standard InChI is InChI=1S/C14H17N5/c1-3-12-4-2-11(1)9-19(12)14-6-5-13(16-17-14)18-8-7-15-10-18/h5-8,10-12H,1-4,9H2. The van der Waals surface area contributed by atoms with Crippen LogP contribution in [0.1, 0.15) is 25.7 Å². The lowest BCUT2D eigenvalue weighted by Crippen LogP contribution is -2.48. The van der Waals surface area contributed by atoms with Gasteiger partial charge in [0.2, 0.25) is 0 Å². The molecule has 2 aromatic rings. The molecule has 2 saturated heterocycles. The molecule has 1 saturated carbocycles. The minimum atomic E-state index is 0.679. The van der Waals surface area contributed by atoms with E-state index in [0.717, 1.165) is 24.1 Å². The van der Waals surface area contributed by atoms with Gasteiger partial charge in [0.1, 0.15) is 6.33 Å². The SMILES string of the molecule is c1cn(-c2ccc(N3CC4CCC3CC4)nn2)cn1. The van der Waals surface area contributed by atoms with Crippen molar-refractivity contribution in [3.05, 3.63) is 30.9 Å². The second-order valence-corrected chi connectivity index (χ2v) is 5.55. The van der Waals surface area contributed by atoms with Crippen LogP contribution in [0.15, 0.2) is 30.9 Å². The van der Waals surface area contributed by atoms with Gasteiger partial charge in [0.25, 0.3) is 0 Å². The Kier molecular flexibility index (Phi) is 2.50. The second kappa shape index (κ2) is 4.33. The van der Waals surface area contributed by atoms with Gasteiger partial charge in [-0.1, -0.05) is 0 Å². The molecule has 0 unspecified atom stereocenters. The molecule has 0 amide bonds. The van der Waals surface area contributed by atoms with Gasteiger partial charge in [-0.3, -0.25) is 4.57 Å². The number of hydrogen-bond donors (Lipinski definition) is 0. The van der Waals surface area contributed by atoms with Crippen LogP contribution in [0.4, 0.5) is 5.82 Å². The lowest BCUT2D eigenvalue weighted by atomic mass is 9.80. The number of imidazole rings is 1. The third-order valence-electron chi connectivity index (χ3n) is 4.41. The van der Waals surface area contributed by atoms with Crippen LogP contribution in [0.2, 0.25) is 0 Å². The molecule has 0 radical (unpaired) electrons. The summed E-state index contributed by atoms with van der Waals surface area (Å²) >= 11 is 0. The summed E-state index contributed by atoms with van der Waals surface area (Å²) in [5.74, 6) is 2.71. The number of piperidine rings is 2. The molecule has 3 aliphatic rings. The van der Waals surface area contributed by atoms with E-state index >= 15 is 0 Å². The van der Waals surface area contributed by atoms with Gasteiger partial charge in [0, 0.05) is 25.0 Å². The smallest absolute Gasteiger partial charge is 0.160 e. The Balaban J connectivity index is 1.59. The summed E-state index contributed by atoms with van der Waals surface area (Å²) in [4.78, 5) is 6.47. The molecule has 0 N–H and O–H groups in total. The molecule has 0 atom stereocenters.